The van der Waals surface area contributed by atoms with Crippen molar-refractivity contribution in [3.63, 3.8) is 0 Å². The lowest BCUT2D eigenvalue weighted by Crippen LogP contribution is -1.80. The fraction of sp³-hybridized carbons (Fsp3) is 0. The summed E-state index contributed by atoms with van der Waals surface area (Å²) in [5.74, 6) is 0.248. The number of para-hydroxylation sites is 2. The predicted molar refractivity (Wildman–Crippen MR) is 61.1 cm³/mol. The molecule has 3 aromatic rings. The summed E-state index contributed by atoms with van der Waals surface area (Å²) < 4.78 is 5.23. The number of phenols is 1. The molecule has 16 heavy (non-hydrogen) atoms. The van der Waals surface area contributed by atoms with Gasteiger partial charge in [-0.1, -0.05) is 30.3 Å². The Hall–Kier alpha value is -2.29. The van der Waals surface area contributed by atoms with Crippen molar-refractivity contribution in [3.05, 3.63) is 48.9 Å². The standard InChI is InChI=1S/C13H9NO2/c15-11-6-2-1-4-9(11)10-5-3-7-12-13(10)14-8-16-12/h1-8,15H. The Labute approximate surface area is 92.0 Å². The van der Waals surface area contributed by atoms with Crippen molar-refractivity contribution >= 4 is 11.1 Å². The molecule has 0 bridgehead atoms. The van der Waals surface area contributed by atoms with Crippen LogP contribution in [0.2, 0.25) is 0 Å². The first-order valence-corrected chi connectivity index (χ1v) is 4.97. The molecule has 1 heterocycles. The second-order valence-corrected chi connectivity index (χ2v) is 3.52. The Bertz CT molecular complexity index is 643. The summed E-state index contributed by atoms with van der Waals surface area (Å²) in [5.41, 5.74) is 3.14. The van der Waals surface area contributed by atoms with E-state index < -0.39 is 0 Å². The third-order valence-electron chi connectivity index (χ3n) is 2.55. The molecule has 0 fully saturated rings. The lowest BCUT2D eigenvalue weighted by Gasteiger charge is -2.04. The molecule has 0 unspecified atom stereocenters. The van der Waals surface area contributed by atoms with Crippen molar-refractivity contribution in [2.24, 2.45) is 0 Å². The largest absolute Gasteiger partial charge is 0.507 e. The van der Waals surface area contributed by atoms with E-state index in [4.69, 9.17) is 4.42 Å². The van der Waals surface area contributed by atoms with Crippen molar-refractivity contribution in [2.75, 3.05) is 0 Å². The summed E-state index contributed by atoms with van der Waals surface area (Å²) in [7, 11) is 0. The van der Waals surface area contributed by atoms with E-state index in [-0.39, 0.29) is 5.75 Å². The van der Waals surface area contributed by atoms with Gasteiger partial charge in [0, 0.05) is 11.1 Å². The Morgan fingerprint density at radius 3 is 2.62 bits per heavy atom. The molecule has 1 N–H and O–H groups in total. The zero-order chi connectivity index (χ0) is 11.0. The van der Waals surface area contributed by atoms with Gasteiger partial charge in [-0.15, -0.1) is 0 Å². The highest BCUT2D eigenvalue weighted by molar-refractivity contribution is 5.92. The Morgan fingerprint density at radius 2 is 1.75 bits per heavy atom. The summed E-state index contributed by atoms with van der Waals surface area (Å²) in [4.78, 5) is 4.16. The Balaban J connectivity index is 2.34. The summed E-state index contributed by atoms with van der Waals surface area (Å²) in [6.45, 7) is 0. The topological polar surface area (TPSA) is 46.3 Å². The van der Waals surface area contributed by atoms with Crippen LogP contribution in [0.1, 0.15) is 0 Å². The lowest BCUT2D eigenvalue weighted by molar-refractivity contribution is 0.477. The highest BCUT2D eigenvalue weighted by Gasteiger charge is 2.09. The number of oxazole rings is 1. The maximum atomic E-state index is 9.80. The molecule has 0 atom stereocenters. The second-order valence-electron chi connectivity index (χ2n) is 3.52. The van der Waals surface area contributed by atoms with Crippen LogP contribution in [0.3, 0.4) is 0 Å². The second kappa shape index (κ2) is 3.38. The molecular weight excluding hydrogens is 202 g/mol. The molecule has 1 aromatic heterocycles. The van der Waals surface area contributed by atoms with Crippen LogP contribution in [-0.2, 0) is 0 Å². The summed E-state index contributed by atoms with van der Waals surface area (Å²) >= 11 is 0. The first kappa shape index (κ1) is 8.97. The summed E-state index contributed by atoms with van der Waals surface area (Å²) in [5, 5.41) is 9.80. The van der Waals surface area contributed by atoms with Gasteiger partial charge < -0.3 is 9.52 Å². The molecule has 0 aliphatic carbocycles. The molecule has 0 aliphatic rings. The minimum absolute atomic E-state index is 0.248. The number of benzene rings is 2. The van der Waals surface area contributed by atoms with E-state index in [1.807, 2.05) is 30.3 Å². The van der Waals surface area contributed by atoms with E-state index in [9.17, 15) is 5.11 Å². The van der Waals surface area contributed by atoms with Gasteiger partial charge >= 0.3 is 0 Å². The number of fused-ring (bicyclic) bond motifs is 1. The SMILES string of the molecule is Oc1ccccc1-c1cccc2ocnc12. The van der Waals surface area contributed by atoms with Crippen molar-refractivity contribution < 1.29 is 9.52 Å². The highest BCUT2D eigenvalue weighted by Crippen LogP contribution is 2.33. The van der Waals surface area contributed by atoms with Crippen molar-refractivity contribution in [1.29, 1.82) is 0 Å². The van der Waals surface area contributed by atoms with Crippen molar-refractivity contribution in [1.82, 2.24) is 4.98 Å². The maximum Gasteiger partial charge on any atom is 0.182 e. The van der Waals surface area contributed by atoms with Crippen LogP contribution in [0.5, 0.6) is 5.75 Å². The normalized spacial score (nSPS) is 10.8. The van der Waals surface area contributed by atoms with Crippen LogP contribution in [-0.4, -0.2) is 10.1 Å². The van der Waals surface area contributed by atoms with Crippen molar-refractivity contribution in [2.45, 2.75) is 0 Å². The van der Waals surface area contributed by atoms with Gasteiger partial charge in [-0.2, -0.15) is 0 Å². The molecule has 3 heteroatoms. The molecule has 0 amide bonds. The van der Waals surface area contributed by atoms with Gasteiger partial charge in [0.1, 0.15) is 11.3 Å². The fourth-order valence-corrected chi connectivity index (χ4v) is 1.81. The summed E-state index contributed by atoms with van der Waals surface area (Å²) in [6, 6.07) is 12.9. The van der Waals surface area contributed by atoms with Gasteiger partial charge in [0.25, 0.3) is 0 Å². The van der Waals surface area contributed by atoms with Crippen molar-refractivity contribution in [3.8, 4) is 16.9 Å². The van der Waals surface area contributed by atoms with Gasteiger partial charge in [0.15, 0.2) is 12.0 Å². The van der Waals surface area contributed by atoms with Gasteiger partial charge in [-0.05, 0) is 12.1 Å². The van der Waals surface area contributed by atoms with Crippen LogP contribution < -0.4 is 0 Å². The Morgan fingerprint density at radius 1 is 0.938 bits per heavy atom. The first-order chi connectivity index (χ1) is 7.86. The number of aromatic nitrogens is 1. The minimum Gasteiger partial charge on any atom is -0.507 e. The number of hydrogen-bond donors (Lipinski definition) is 1. The van der Waals surface area contributed by atoms with Gasteiger partial charge in [-0.25, -0.2) is 4.98 Å². The highest BCUT2D eigenvalue weighted by atomic mass is 16.3. The van der Waals surface area contributed by atoms with E-state index in [0.29, 0.717) is 0 Å². The average Bonchev–Trinajstić information content (AvgIpc) is 2.77. The van der Waals surface area contributed by atoms with Gasteiger partial charge in [0.2, 0.25) is 0 Å². The predicted octanol–water partition coefficient (Wildman–Crippen LogP) is 3.20. The van der Waals surface area contributed by atoms with E-state index in [0.717, 1.165) is 22.2 Å². The number of aromatic hydroxyl groups is 1. The van der Waals surface area contributed by atoms with E-state index >= 15 is 0 Å². The number of nitrogens with zero attached hydrogens (tertiary/aromatic N) is 1. The number of phenolic OH excluding ortho intramolecular Hbond substituents is 1. The average molecular weight is 211 g/mol. The first-order valence-electron chi connectivity index (χ1n) is 4.97. The molecule has 0 radical (unpaired) electrons. The monoisotopic (exact) mass is 211 g/mol. The molecular formula is C13H9NO2. The zero-order valence-corrected chi connectivity index (χ0v) is 8.42. The number of rotatable bonds is 1. The quantitative estimate of drug-likeness (QED) is 0.672. The van der Waals surface area contributed by atoms with Crippen LogP contribution in [0.25, 0.3) is 22.2 Å². The molecule has 3 rings (SSSR count). The molecule has 2 aromatic carbocycles. The molecule has 0 saturated heterocycles. The molecule has 0 aliphatic heterocycles. The maximum absolute atomic E-state index is 9.80. The zero-order valence-electron chi connectivity index (χ0n) is 8.42. The van der Waals surface area contributed by atoms with Crippen LogP contribution in [0.4, 0.5) is 0 Å². The fourth-order valence-electron chi connectivity index (χ4n) is 1.81. The molecule has 0 spiro atoms. The van der Waals surface area contributed by atoms with Gasteiger partial charge in [0.05, 0.1) is 0 Å². The van der Waals surface area contributed by atoms with Crippen LogP contribution in [0, 0.1) is 0 Å². The lowest BCUT2D eigenvalue weighted by atomic mass is 10.0. The van der Waals surface area contributed by atoms with E-state index in [1.165, 1.54) is 6.39 Å². The van der Waals surface area contributed by atoms with E-state index in [1.54, 1.807) is 12.1 Å². The van der Waals surface area contributed by atoms with E-state index in [2.05, 4.69) is 4.98 Å². The van der Waals surface area contributed by atoms with Crippen LogP contribution >= 0.6 is 0 Å². The molecule has 78 valence electrons. The third-order valence-corrected chi connectivity index (χ3v) is 2.55. The smallest absolute Gasteiger partial charge is 0.182 e. The minimum atomic E-state index is 0.248. The molecule has 3 nitrogen and oxygen atoms in total. The number of hydrogen-bond acceptors (Lipinski definition) is 3. The Kier molecular flexibility index (Phi) is 1.90. The third kappa shape index (κ3) is 1.26. The summed E-state index contributed by atoms with van der Waals surface area (Å²) in [6.07, 6.45) is 1.41. The molecule has 0 saturated carbocycles. The van der Waals surface area contributed by atoms with Crippen LogP contribution in [0.15, 0.2) is 53.3 Å². The van der Waals surface area contributed by atoms with Gasteiger partial charge in [-0.3, -0.25) is 0 Å².